The average molecular weight is 280 g/mol. The van der Waals surface area contributed by atoms with Crippen molar-refractivity contribution in [2.24, 2.45) is 5.41 Å². The zero-order chi connectivity index (χ0) is 14.6. The van der Waals surface area contributed by atoms with E-state index in [9.17, 15) is 9.59 Å². The zero-order valence-electron chi connectivity index (χ0n) is 12.9. The lowest BCUT2D eigenvalue weighted by Crippen LogP contribution is -2.47. The van der Waals surface area contributed by atoms with Gasteiger partial charge in [-0.3, -0.25) is 9.59 Å². The molecule has 0 atom stereocenters. The molecule has 0 aromatic heterocycles. The number of carbonyl (C=O) groups excluding carboxylic acids is 2. The van der Waals surface area contributed by atoms with Gasteiger partial charge in [-0.1, -0.05) is 32.6 Å². The minimum Gasteiger partial charge on any atom is -0.352 e. The van der Waals surface area contributed by atoms with Gasteiger partial charge >= 0.3 is 0 Å². The van der Waals surface area contributed by atoms with Crippen molar-refractivity contribution >= 4 is 11.8 Å². The van der Waals surface area contributed by atoms with Crippen LogP contribution >= 0.6 is 0 Å². The maximum Gasteiger partial charge on any atom is 0.238 e. The third-order valence-corrected chi connectivity index (χ3v) is 4.73. The van der Waals surface area contributed by atoms with E-state index < -0.39 is 5.41 Å². The van der Waals surface area contributed by atoms with E-state index in [4.69, 9.17) is 0 Å². The van der Waals surface area contributed by atoms with Crippen molar-refractivity contribution in [2.45, 2.75) is 70.8 Å². The molecule has 2 rings (SSSR count). The summed E-state index contributed by atoms with van der Waals surface area (Å²) in [4.78, 5) is 26.7. The summed E-state index contributed by atoms with van der Waals surface area (Å²) in [6, 6.07) is 0.294. The number of amides is 2. The summed E-state index contributed by atoms with van der Waals surface area (Å²) >= 11 is 0. The van der Waals surface area contributed by atoms with Gasteiger partial charge in [0.05, 0.1) is 0 Å². The van der Waals surface area contributed by atoms with Crippen molar-refractivity contribution in [3.8, 4) is 0 Å². The minimum atomic E-state index is -0.722. The van der Waals surface area contributed by atoms with Gasteiger partial charge in [0.2, 0.25) is 11.8 Å². The Morgan fingerprint density at radius 3 is 2.40 bits per heavy atom. The first-order chi connectivity index (χ1) is 9.60. The van der Waals surface area contributed by atoms with Crippen molar-refractivity contribution in [2.75, 3.05) is 13.6 Å². The average Bonchev–Trinajstić information content (AvgIpc) is 3.26. The predicted molar refractivity (Wildman–Crippen MR) is 79.2 cm³/mol. The van der Waals surface area contributed by atoms with Crippen molar-refractivity contribution in [3.05, 3.63) is 0 Å². The summed E-state index contributed by atoms with van der Waals surface area (Å²) in [5, 5.41) is 3.13. The highest BCUT2D eigenvalue weighted by Gasteiger charge is 2.57. The van der Waals surface area contributed by atoms with Gasteiger partial charge in [0.1, 0.15) is 5.41 Å². The lowest BCUT2D eigenvalue weighted by atomic mass is 9.94. The third-order valence-electron chi connectivity index (χ3n) is 4.73. The lowest BCUT2D eigenvalue weighted by Gasteiger charge is -2.27. The summed E-state index contributed by atoms with van der Waals surface area (Å²) in [6.45, 7) is 2.87. The number of hydrogen-bond acceptors (Lipinski definition) is 2. The molecule has 4 nitrogen and oxygen atoms in total. The van der Waals surface area contributed by atoms with E-state index in [1.165, 1.54) is 19.3 Å². The van der Waals surface area contributed by atoms with E-state index in [0.29, 0.717) is 6.04 Å². The molecule has 0 bridgehead atoms. The Kier molecular flexibility index (Phi) is 5.06. The molecular weight excluding hydrogens is 252 g/mol. The van der Waals surface area contributed by atoms with Crippen molar-refractivity contribution in [1.82, 2.24) is 10.2 Å². The molecule has 0 aromatic rings. The molecule has 4 heteroatoms. The maximum absolute atomic E-state index is 12.5. The number of rotatable bonds is 6. The molecule has 0 radical (unpaired) electrons. The Labute approximate surface area is 122 Å². The molecule has 2 aliphatic carbocycles. The van der Waals surface area contributed by atoms with E-state index >= 15 is 0 Å². The second-order valence-electron chi connectivity index (χ2n) is 6.47. The summed E-state index contributed by atoms with van der Waals surface area (Å²) in [5.74, 6) is 0.0111. The first-order valence-electron chi connectivity index (χ1n) is 8.16. The van der Waals surface area contributed by atoms with Gasteiger partial charge in [-0.05, 0) is 32.1 Å². The fourth-order valence-electron chi connectivity index (χ4n) is 3.10. The van der Waals surface area contributed by atoms with Crippen LogP contribution in [0.3, 0.4) is 0 Å². The highest BCUT2D eigenvalue weighted by Crippen LogP contribution is 2.47. The molecule has 0 aliphatic heterocycles. The number of hydrogen-bond donors (Lipinski definition) is 1. The standard InChI is InChI=1S/C16H28N2O2/c1-3-4-12-18(2)15(20)16(10-11-16)14(19)17-13-8-6-5-7-9-13/h13H,3-12H2,1-2H3,(H,17,19). The van der Waals surface area contributed by atoms with E-state index in [2.05, 4.69) is 12.2 Å². The van der Waals surface area contributed by atoms with Crippen LogP contribution in [-0.4, -0.2) is 36.3 Å². The predicted octanol–water partition coefficient (Wildman–Crippen LogP) is 2.47. The largest absolute Gasteiger partial charge is 0.352 e. The lowest BCUT2D eigenvalue weighted by molar-refractivity contribution is -0.143. The number of carbonyl (C=O) groups is 2. The van der Waals surface area contributed by atoms with Crippen molar-refractivity contribution < 1.29 is 9.59 Å². The van der Waals surface area contributed by atoms with Crippen LogP contribution < -0.4 is 5.32 Å². The van der Waals surface area contributed by atoms with Crippen LogP contribution in [-0.2, 0) is 9.59 Å². The first-order valence-corrected chi connectivity index (χ1v) is 8.16. The van der Waals surface area contributed by atoms with Gasteiger partial charge < -0.3 is 10.2 Å². The Morgan fingerprint density at radius 2 is 1.85 bits per heavy atom. The topological polar surface area (TPSA) is 49.4 Å². The second-order valence-corrected chi connectivity index (χ2v) is 6.47. The monoisotopic (exact) mass is 280 g/mol. The Hall–Kier alpha value is -1.06. The molecule has 0 aromatic carbocycles. The summed E-state index contributed by atoms with van der Waals surface area (Å²) in [5.41, 5.74) is -0.722. The van der Waals surface area contributed by atoms with Crippen molar-refractivity contribution in [3.63, 3.8) is 0 Å². The fraction of sp³-hybridized carbons (Fsp3) is 0.875. The van der Waals surface area contributed by atoms with E-state index in [1.54, 1.807) is 4.90 Å². The summed E-state index contributed by atoms with van der Waals surface area (Å²) in [7, 11) is 1.83. The maximum atomic E-state index is 12.5. The summed E-state index contributed by atoms with van der Waals surface area (Å²) < 4.78 is 0. The van der Waals surface area contributed by atoms with Gasteiger partial charge in [0.15, 0.2) is 0 Å². The molecule has 1 N–H and O–H groups in total. The number of unbranched alkanes of at least 4 members (excludes halogenated alkanes) is 1. The molecule has 0 heterocycles. The Balaban J connectivity index is 1.88. The van der Waals surface area contributed by atoms with Gasteiger partial charge in [-0.25, -0.2) is 0 Å². The van der Waals surface area contributed by atoms with Crippen LogP contribution in [0.1, 0.15) is 64.7 Å². The molecule has 114 valence electrons. The van der Waals surface area contributed by atoms with Crippen LogP contribution in [0.2, 0.25) is 0 Å². The second kappa shape index (κ2) is 6.59. The fourth-order valence-corrected chi connectivity index (χ4v) is 3.10. The highest BCUT2D eigenvalue weighted by molar-refractivity contribution is 6.07. The highest BCUT2D eigenvalue weighted by atomic mass is 16.2. The van der Waals surface area contributed by atoms with E-state index in [1.807, 2.05) is 7.05 Å². The summed E-state index contributed by atoms with van der Waals surface area (Å²) in [6.07, 6.45) is 9.33. The molecule has 0 saturated heterocycles. The van der Waals surface area contributed by atoms with Crippen molar-refractivity contribution in [1.29, 1.82) is 0 Å². The van der Waals surface area contributed by atoms with E-state index in [0.717, 1.165) is 45.1 Å². The zero-order valence-corrected chi connectivity index (χ0v) is 12.9. The molecule has 0 spiro atoms. The van der Waals surface area contributed by atoms with E-state index in [-0.39, 0.29) is 11.8 Å². The number of nitrogens with one attached hydrogen (secondary N) is 1. The molecule has 2 saturated carbocycles. The van der Waals surface area contributed by atoms with Gasteiger partial charge in [-0.2, -0.15) is 0 Å². The number of nitrogens with zero attached hydrogens (tertiary/aromatic N) is 1. The van der Waals surface area contributed by atoms with Crippen LogP contribution in [0.5, 0.6) is 0 Å². The molecular formula is C16H28N2O2. The minimum absolute atomic E-state index is 0.0160. The SMILES string of the molecule is CCCCN(C)C(=O)C1(C(=O)NC2CCCCC2)CC1. The Morgan fingerprint density at radius 1 is 1.20 bits per heavy atom. The molecule has 20 heavy (non-hydrogen) atoms. The first kappa shape index (κ1) is 15.3. The molecule has 2 aliphatic rings. The molecule has 2 amide bonds. The normalized spacial score (nSPS) is 21.3. The van der Waals surface area contributed by atoms with Gasteiger partial charge in [0, 0.05) is 19.6 Å². The van der Waals surface area contributed by atoms with Crippen LogP contribution in [0.25, 0.3) is 0 Å². The molecule has 0 unspecified atom stereocenters. The molecule has 2 fully saturated rings. The smallest absolute Gasteiger partial charge is 0.238 e. The van der Waals surface area contributed by atoms with Gasteiger partial charge in [0.25, 0.3) is 0 Å². The third kappa shape index (κ3) is 3.33. The quantitative estimate of drug-likeness (QED) is 0.760. The van der Waals surface area contributed by atoms with Crippen LogP contribution in [0, 0.1) is 5.41 Å². The Bertz CT molecular complexity index is 357. The van der Waals surface area contributed by atoms with Gasteiger partial charge in [-0.15, -0.1) is 0 Å². The van der Waals surface area contributed by atoms with Crippen LogP contribution in [0.15, 0.2) is 0 Å². The van der Waals surface area contributed by atoms with Crippen LogP contribution in [0.4, 0.5) is 0 Å².